The molecule has 194 valence electrons. The first-order valence-corrected chi connectivity index (χ1v) is 13.9. The summed E-state index contributed by atoms with van der Waals surface area (Å²) in [5.74, 6) is 0.660. The van der Waals surface area contributed by atoms with Crippen molar-refractivity contribution < 1.29 is 8.78 Å². The van der Waals surface area contributed by atoms with Gasteiger partial charge in [-0.25, -0.2) is 8.78 Å². The van der Waals surface area contributed by atoms with Crippen molar-refractivity contribution in [1.82, 2.24) is 5.32 Å². The number of nitrogens with one attached hydrogen (secondary N) is 1. The highest BCUT2D eigenvalue weighted by atomic mass is 19.1. The van der Waals surface area contributed by atoms with Gasteiger partial charge in [-0.05, 0) is 80.7 Å². The summed E-state index contributed by atoms with van der Waals surface area (Å²) in [6.45, 7) is 17.5. The first-order valence-electron chi connectivity index (χ1n) is 13.9. The van der Waals surface area contributed by atoms with Crippen LogP contribution in [0.15, 0.2) is 24.3 Å². The lowest BCUT2D eigenvalue weighted by molar-refractivity contribution is 0.0677. The third kappa shape index (κ3) is 8.16. The summed E-state index contributed by atoms with van der Waals surface area (Å²) in [7, 11) is 0. The standard InChI is InChI=1S/C29H54F2N2/c1-8-14-22(11-4)21(7)29(32,33-13-6)25(12-5)19-24-18-17-23(20-28(24)31)26(15-9-2)27(30)16-10-3/h8,19,21-24,26-28,33H,1,9-18,20,32H2,2-7H3/b25-19-. The number of alkyl halides is 2. The average Bonchev–Trinajstić information content (AvgIpc) is 2.79. The highest BCUT2D eigenvalue weighted by molar-refractivity contribution is 5.22. The normalized spacial score (nSPS) is 27.4. The van der Waals surface area contributed by atoms with Crippen LogP contribution in [0.1, 0.15) is 106 Å². The van der Waals surface area contributed by atoms with Crippen molar-refractivity contribution >= 4 is 0 Å². The van der Waals surface area contributed by atoms with Crippen molar-refractivity contribution in [2.24, 2.45) is 35.3 Å². The molecule has 0 aromatic heterocycles. The number of hydrogen-bond acceptors (Lipinski definition) is 2. The zero-order valence-corrected chi connectivity index (χ0v) is 22.5. The van der Waals surface area contributed by atoms with E-state index in [0.29, 0.717) is 18.8 Å². The molecule has 8 unspecified atom stereocenters. The number of hydrogen-bond donors (Lipinski definition) is 2. The fourth-order valence-electron chi connectivity index (χ4n) is 6.26. The Kier molecular flexibility index (Phi) is 14.0. The zero-order valence-electron chi connectivity index (χ0n) is 22.5. The van der Waals surface area contributed by atoms with Crippen molar-refractivity contribution in [3.05, 3.63) is 24.3 Å². The number of nitrogens with two attached hydrogens (primary N) is 1. The van der Waals surface area contributed by atoms with Crippen LogP contribution in [0.3, 0.4) is 0 Å². The molecule has 0 aromatic rings. The van der Waals surface area contributed by atoms with Crippen LogP contribution in [0.5, 0.6) is 0 Å². The Morgan fingerprint density at radius 1 is 1.15 bits per heavy atom. The van der Waals surface area contributed by atoms with E-state index in [9.17, 15) is 4.39 Å². The predicted molar refractivity (Wildman–Crippen MR) is 141 cm³/mol. The molecule has 8 atom stereocenters. The molecule has 1 rings (SSSR count). The van der Waals surface area contributed by atoms with Gasteiger partial charge < -0.3 is 5.73 Å². The molecular formula is C29H54F2N2. The van der Waals surface area contributed by atoms with Crippen LogP contribution in [0, 0.1) is 29.6 Å². The molecule has 33 heavy (non-hydrogen) atoms. The molecule has 4 heteroatoms. The fourth-order valence-corrected chi connectivity index (χ4v) is 6.26. The highest BCUT2D eigenvalue weighted by Crippen LogP contribution is 2.42. The lowest BCUT2D eigenvalue weighted by Gasteiger charge is -2.43. The molecule has 1 aliphatic carbocycles. The molecule has 0 aromatic carbocycles. The van der Waals surface area contributed by atoms with E-state index in [1.165, 1.54) is 0 Å². The summed E-state index contributed by atoms with van der Waals surface area (Å²) >= 11 is 0. The van der Waals surface area contributed by atoms with Crippen LogP contribution >= 0.6 is 0 Å². The minimum absolute atomic E-state index is 0.00312. The molecule has 0 heterocycles. The van der Waals surface area contributed by atoms with Crippen LogP contribution in [-0.2, 0) is 0 Å². The van der Waals surface area contributed by atoms with Gasteiger partial charge in [-0.2, -0.15) is 0 Å². The van der Waals surface area contributed by atoms with Gasteiger partial charge in [0.05, 0.1) is 5.66 Å². The Labute approximate surface area is 204 Å². The fraction of sp³-hybridized carbons (Fsp3) is 0.862. The van der Waals surface area contributed by atoms with E-state index in [4.69, 9.17) is 5.73 Å². The quantitative estimate of drug-likeness (QED) is 0.177. The van der Waals surface area contributed by atoms with E-state index >= 15 is 4.39 Å². The summed E-state index contributed by atoms with van der Waals surface area (Å²) < 4.78 is 30.4. The first kappa shape index (κ1) is 30.3. The second kappa shape index (κ2) is 15.3. The number of halogens is 2. The summed E-state index contributed by atoms with van der Waals surface area (Å²) in [6, 6.07) is 0. The molecule has 1 fully saturated rings. The van der Waals surface area contributed by atoms with Crippen LogP contribution in [0.25, 0.3) is 0 Å². The van der Waals surface area contributed by atoms with Gasteiger partial charge in [0, 0.05) is 5.92 Å². The van der Waals surface area contributed by atoms with E-state index in [2.05, 4.69) is 52.6 Å². The Morgan fingerprint density at radius 3 is 2.30 bits per heavy atom. The van der Waals surface area contributed by atoms with Gasteiger partial charge in [0.25, 0.3) is 0 Å². The largest absolute Gasteiger partial charge is 0.310 e. The van der Waals surface area contributed by atoms with E-state index in [0.717, 1.165) is 63.5 Å². The molecule has 0 amide bonds. The highest BCUT2D eigenvalue weighted by Gasteiger charge is 2.40. The Balaban J connectivity index is 3.10. The molecule has 0 bridgehead atoms. The zero-order chi connectivity index (χ0) is 25.0. The van der Waals surface area contributed by atoms with E-state index in [1.54, 1.807) is 0 Å². The van der Waals surface area contributed by atoms with Gasteiger partial charge in [0.2, 0.25) is 0 Å². The average molecular weight is 469 g/mol. The SMILES string of the molecule is C=CCC(CC)C(C)C(N)(NCC)/C(=C\C1CCC(C(CCC)C(F)CCC)CC1F)CC. The van der Waals surface area contributed by atoms with Gasteiger partial charge in [-0.15, -0.1) is 6.58 Å². The van der Waals surface area contributed by atoms with Crippen LogP contribution in [-0.4, -0.2) is 24.6 Å². The lowest BCUT2D eigenvalue weighted by Crippen LogP contribution is -2.61. The molecule has 1 saturated carbocycles. The number of allylic oxidation sites excluding steroid dienone is 2. The van der Waals surface area contributed by atoms with Gasteiger partial charge in [-0.3, -0.25) is 5.32 Å². The molecule has 0 radical (unpaired) electrons. The summed E-state index contributed by atoms with van der Waals surface area (Å²) in [4.78, 5) is 0. The minimum Gasteiger partial charge on any atom is -0.310 e. The van der Waals surface area contributed by atoms with Crippen molar-refractivity contribution in [3.63, 3.8) is 0 Å². The maximum Gasteiger partial charge on any atom is 0.107 e. The number of rotatable bonds is 16. The van der Waals surface area contributed by atoms with Gasteiger partial charge in [-0.1, -0.05) is 73.0 Å². The molecule has 2 nitrogen and oxygen atoms in total. The maximum absolute atomic E-state index is 15.5. The molecule has 3 N–H and O–H groups in total. The molecular weight excluding hydrogens is 414 g/mol. The Bertz CT molecular complexity index is 578. The third-order valence-corrected chi connectivity index (χ3v) is 8.34. The van der Waals surface area contributed by atoms with Gasteiger partial charge >= 0.3 is 0 Å². The maximum atomic E-state index is 15.5. The summed E-state index contributed by atoms with van der Waals surface area (Å²) in [6.07, 6.45) is 10.6. The molecule has 1 aliphatic rings. The van der Waals surface area contributed by atoms with Crippen LogP contribution in [0.2, 0.25) is 0 Å². The Hall–Kier alpha value is -0.740. The molecule has 0 spiro atoms. The lowest BCUT2D eigenvalue weighted by atomic mass is 9.70. The predicted octanol–water partition coefficient (Wildman–Crippen LogP) is 8.13. The summed E-state index contributed by atoms with van der Waals surface area (Å²) in [5.41, 5.74) is 7.54. The van der Waals surface area contributed by atoms with Crippen LogP contribution in [0.4, 0.5) is 8.78 Å². The van der Waals surface area contributed by atoms with Crippen molar-refractivity contribution in [3.8, 4) is 0 Å². The first-order chi connectivity index (χ1) is 15.7. The minimum atomic E-state index is -0.921. The van der Waals surface area contributed by atoms with E-state index in [1.807, 2.05) is 13.0 Å². The Morgan fingerprint density at radius 2 is 1.82 bits per heavy atom. The second-order valence-electron chi connectivity index (χ2n) is 10.4. The smallest absolute Gasteiger partial charge is 0.107 e. The molecule has 0 saturated heterocycles. The third-order valence-electron chi connectivity index (χ3n) is 8.34. The van der Waals surface area contributed by atoms with Crippen LogP contribution < -0.4 is 11.1 Å². The van der Waals surface area contributed by atoms with Gasteiger partial charge in [0.15, 0.2) is 0 Å². The second-order valence-corrected chi connectivity index (χ2v) is 10.4. The summed E-state index contributed by atoms with van der Waals surface area (Å²) in [5, 5.41) is 3.56. The monoisotopic (exact) mass is 468 g/mol. The molecule has 0 aliphatic heterocycles. The van der Waals surface area contributed by atoms with Gasteiger partial charge in [0.1, 0.15) is 12.3 Å². The topological polar surface area (TPSA) is 38.0 Å². The number of likely N-dealkylation sites (N-methyl/N-ethyl adjacent to an activating group) is 1. The van der Waals surface area contributed by atoms with Crippen molar-refractivity contribution in [1.29, 1.82) is 0 Å². The van der Waals surface area contributed by atoms with Crippen molar-refractivity contribution in [2.45, 2.75) is 124 Å². The van der Waals surface area contributed by atoms with Crippen molar-refractivity contribution in [2.75, 3.05) is 6.54 Å². The van der Waals surface area contributed by atoms with E-state index in [-0.39, 0.29) is 23.7 Å². The van der Waals surface area contributed by atoms with E-state index < -0.39 is 18.0 Å².